The van der Waals surface area contributed by atoms with E-state index in [4.69, 9.17) is 14.2 Å². The van der Waals surface area contributed by atoms with E-state index in [1.165, 1.54) is 20.1 Å². The van der Waals surface area contributed by atoms with Gasteiger partial charge in [0.2, 0.25) is 5.91 Å². The summed E-state index contributed by atoms with van der Waals surface area (Å²) in [6.07, 6.45) is 4.77. The van der Waals surface area contributed by atoms with Crippen molar-refractivity contribution in [3.8, 4) is 17.2 Å². The highest BCUT2D eigenvalue weighted by molar-refractivity contribution is 6.00. The number of ether oxygens (including phenoxy) is 3. The molecule has 166 valence electrons. The number of para-hydroxylation sites is 1. The van der Waals surface area contributed by atoms with Crippen molar-refractivity contribution in [3.63, 3.8) is 0 Å². The second-order valence-corrected chi connectivity index (χ2v) is 8.04. The Morgan fingerprint density at radius 2 is 1.84 bits per heavy atom. The van der Waals surface area contributed by atoms with E-state index in [1.54, 1.807) is 35.2 Å². The molecule has 1 fully saturated rings. The quantitative estimate of drug-likeness (QED) is 0.414. The van der Waals surface area contributed by atoms with Gasteiger partial charge in [0.25, 0.3) is 0 Å². The molecule has 2 aliphatic rings. The first-order valence-corrected chi connectivity index (χ1v) is 10.5. The van der Waals surface area contributed by atoms with Crippen LogP contribution in [0.3, 0.4) is 0 Å². The van der Waals surface area contributed by atoms with Crippen LogP contribution in [0.1, 0.15) is 42.1 Å². The van der Waals surface area contributed by atoms with Crippen molar-refractivity contribution >= 4 is 23.7 Å². The molecule has 0 saturated carbocycles. The van der Waals surface area contributed by atoms with Crippen molar-refractivity contribution in [1.29, 1.82) is 0 Å². The van der Waals surface area contributed by atoms with Crippen molar-refractivity contribution < 1.29 is 28.6 Å². The van der Waals surface area contributed by atoms with Gasteiger partial charge in [-0.05, 0) is 35.9 Å². The van der Waals surface area contributed by atoms with Crippen LogP contribution in [0.15, 0.2) is 48.5 Å². The molecule has 1 spiro atoms. The summed E-state index contributed by atoms with van der Waals surface area (Å²) in [5, 5.41) is 0. The SMILES string of the molecule is COc1cc(/C=C/C(=O)N2CCC3(CC2)CC(=O)c2ccccc2O3)ccc1OC(C)=O. The molecule has 32 heavy (non-hydrogen) atoms. The number of Topliss-reactive ketones (excluding diaryl/α,β-unsaturated/α-hetero) is 1. The highest BCUT2D eigenvalue weighted by atomic mass is 16.6. The minimum Gasteiger partial charge on any atom is -0.493 e. The molecule has 0 N–H and O–H groups in total. The number of hydrogen-bond acceptors (Lipinski definition) is 6. The number of amides is 1. The van der Waals surface area contributed by atoms with Crippen molar-refractivity contribution in [2.24, 2.45) is 0 Å². The predicted octanol–water partition coefficient (Wildman–Crippen LogP) is 3.66. The summed E-state index contributed by atoms with van der Waals surface area (Å²) in [5.74, 6) is 0.928. The monoisotopic (exact) mass is 435 g/mol. The molecular formula is C25H25NO6. The fraction of sp³-hybridized carbons (Fsp3) is 0.320. The van der Waals surface area contributed by atoms with Crippen LogP contribution in [-0.2, 0) is 9.59 Å². The van der Waals surface area contributed by atoms with Crippen LogP contribution in [0.2, 0.25) is 0 Å². The fourth-order valence-electron chi connectivity index (χ4n) is 4.16. The standard InChI is InChI=1S/C25H25NO6/c1-17(27)31-22-9-7-18(15-23(22)30-2)8-10-24(29)26-13-11-25(12-14-26)16-20(28)19-5-3-4-6-21(19)32-25/h3-10,15H,11-14,16H2,1-2H3/b10-8+. The zero-order valence-electron chi connectivity index (χ0n) is 18.1. The smallest absolute Gasteiger partial charge is 0.308 e. The predicted molar refractivity (Wildman–Crippen MR) is 118 cm³/mol. The lowest BCUT2D eigenvalue weighted by Gasteiger charge is -2.43. The van der Waals surface area contributed by atoms with Gasteiger partial charge >= 0.3 is 5.97 Å². The molecule has 7 nitrogen and oxygen atoms in total. The maximum atomic E-state index is 12.7. The third kappa shape index (κ3) is 4.51. The number of carbonyl (C=O) groups excluding carboxylic acids is 3. The lowest BCUT2D eigenvalue weighted by Crippen LogP contribution is -2.52. The first kappa shape index (κ1) is 21.6. The van der Waals surface area contributed by atoms with Crippen LogP contribution in [0.25, 0.3) is 6.08 Å². The van der Waals surface area contributed by atoms with Crippen LogP contribution in [0.5, 0.6) is 17.2 Å². The zero-order valence-corrected chi connectivity index (χ0v) is 18.1. The van der Waals surface area contributed by atoms with Gasteiger partial charge in [0, 0.05) is 38.9 Å². The van der Waals surface area contributed by atoms with E-state index in [-0.39, 0.29) is 11.7 Å². The number of rotatable bonds is 4. The second-order valence-electron chi connectivity index (χ2n) is 8.04. The molecule has 7 heteroatoms. The van der Waals surface area contributed by atoms with Gasteiger partial charge in [-0.3, -0.25) is 14.4 Å². The summed E-state index contributed by atoms with van der Waals surface area (Å²) < 4.78 is 16.6. The average molecular weight is 435 g/mol. The number of piperidine rings is 1. The molecule has 0 bridgehead atoms. The number of hydrogen-bond donors (Lipinski definition) is 0. The maximum Gasteiger partial charge on any atom is 0.308 e. The molecule has 2 aromatic carbocycles. The van der Waals surface area contributed by atoms with E-state index in [0.29, 0.717) is 55.2 Å². The van der Waals surface area contributed by atoms with Crippen molar-refractivity contribution in [3.05, 3.63) is 59.7 Å². The Kier molecular flexibility index (Phi) is 5.99. The molecule has 2 heterocycles. The number of ketones is 1. The first-order chi connectivity index (χ1) is 15.4. The van der Waals surface area contributed by atoms with E-state index in [9.17, 15) is 14.4 Å². The first-order valence-electron chi connectivity index (χ1n) is 10.5. The number of likely N-dealkylation sites (tertiary alicyclic amines) is 1. The van der Waals surface area contributed by atoms with Crippen LogP contribution >= 0.6 is 0 Å². The van der Waals surface area contributed by atoms with E-state index in [0.717, 1.165) is 5.56 Å². The van der Waals surface area contributed by atoms with Crippen molar-refractivity contribution in [2.75, 3.05) is 20.2 Å². The molecule has 1 amide bonds. The number of nitrogens with zero attached hydrogens (tertiary/aromatic N) is 1. The fourth-order valence-corrected chi connectivity index (χ4v) is 4.16. The molecule has 2 aromatic rings. The molecule has 0 aliphatic carbocycles. The van der Waals surface area contributed by atoms with Gasteiger partial charge in [0.15, 0.2) is 17.3 Å². The van der Waals surface area contributed by atoms with Crippen molar-refractivity contribution in [2.45, 2.75) is 31.8 Å². The highest BCUT2D eigenvalue weighted by Crippen LogP contribution is 2.39. The minimum absolute atomic E-state index is 0.0951. The summed E-state index contributed by atoms with van der Waals surface area (Å²) in [6, 6.07) is 12.4. The zero-order chi connectivity index (χ0) is 22.7. The lowest BCUT2D eigenvalue weighted by molar-refractivity contribution is -0.132. The maximum absolute atomic E-state index is 12.7. The van der Waals surface area contributed by atoms with Gasteiger partial charge in [-0.25, -0.2) is 0 Å². The minimum atomic E-state index is -0.536. The van der Waals surface area contributed by atoms with Gasteiger partial charge in [0.05, 0.1) is 19.1 Å². The third-order valence-corrected chi connectivity index (χ3v) is 5.84. The van der Waals surface area contributed by atoms with Crippen LogP contribution in [0.4, 0.5) is 0 Å². The number of carbonyl (C=O) groups is 3. The number of fused-ring (bicyclic) bond motifs is 1. The molecule has 0 radical (unpaired) electrons. The Morgan fingerprint density at radius 1 is 1.09 bits per heavy atom. The second kappa shape index (κ2) is 8.86. The van der Waals surface area contributed by atoms with Crippen LogP contribution in [-0.4, -0.2) is 48.4 Å². The number of benzene rings is 2. The van der Waals surface area contributed by atoms with Crippen LogP contribution in [0, 0.1) is 0 Å². The Hall–Kier alpha value is -3.61. The molecule has 0 unspecified atom stereocenters. The van der Waals surface area contributed by atoms with E-state index in [1.807, 2.05) is 18.2 Å². The lowest BCUT2D eigenvalue weighted by atomic mass is 9.82. The van der Waals surface area contributed by atoms with Gasteiger partial charge < -0.3 is 19.1 Å². The summed E-state index contributed by atoms with van der Waals surface area (Å²) >= 11 is 0. The highest BCUT2D eigenvalue weighted by Gasteiger charge is 2.43. The van der Waals surface area contributed by atoms with Gasteiger partial charge in [0.1, 0.15) is 11.4 Å². The molecule has 0 atom stereocenters. The van der Waals surface area contributed by atoms with Gasteiger partial charge in [-0.2, -0.15) is 0 Å². The Balaban J connectivity index is 1.38. The average Bonchev–Trinajstić information content (AvgIpc) is 2.78. The Labute approximate surface area is 186 Å². The molecule has 4 rings (SSSR count). The summed E-state index contributed by atoms with van der Waals surface area (Å²) in [7, 11) is 1.49. The topological polar surface area (TPSA) is 82.1 Å². The third-order valence-electron chi connectivity index (χ3n) is 5.84. The molecule has 1 saturated heterocycles. The normalized spacial score (nSPS) is 17.1. The number of methoxy groups -OCH3 is 1. The summed E-state index contributed by atoms with van der Waals surface area (Å²) in [4.78, 5) is 38.2. The van der Waals surface area contributed by atoms with E-state index in [2.05, 4.69) is 0 Å². The largest absolute Gasteiger partial charge is 0.493 e. The van der Waals surface area contributed by atoms with Gasteiger partial charge in [-0.1, -0.05) is 18.2 Å². The van der Waals surface area contributed by atoms with Crippen molar-refractivity contribution in [1.82, 2.24) is 4.90 Å². The molecular weight excluding hydrogens is 410 g/mol. The molecule has 0 aromatic heterocycles. The van der Waals surface area contributed by atoms with E-state index >= 15 is 0 Å². The van der Waals surface area contributed by atoms with Crippen LogP contribution < -0.4 is 14.2 Å². The number of esters is 1. The van der Waals surface area contributed by atoms with E-state index < -0.39 is 11.6 Å². The molecule has 2 aliphatic heterocycles. The Morgan fingerprint density at radius 3 is 2.56 bits per heavy atom. The summed E-state index contributed by atoms with van der Waals surface area (Å²) in [5.41, 5.74) is 0.846. The van der Waals surface area contributed by atoms with Gasteiger partial charge in [-0.15, -0.1) is 0 Å². The summed E-state index contributed by atoms with van der Waals surface area (Å²) in [6.45, 7) is 2.36. The Bertz CT molecular complexity index is 1080.